The Hall–Kier alpha value is -1.16. The lowest BCUT2D eigenvalue weighted by Gasteiger charge is -2.17. The fraction of sp³-hybridized carbons (Fsp3) is 0.667. The Morgan fingerprint density at radius 3 is 2.50 bits per heavy atom. The third kappa shape index (κ3) is 4.14. The van der Waals surface area contributed by atoms with Gasteiger partial charge in [-0.3, -0.25) is 0 Å². The van der Waals surface area contributed by atoms with E-state index in [2.05, 4.69) is 36.1 Å². The smallest absolute Gasteiger partial charge is 0.131 e. The fourth-order valence-electron chi connectivity index (χ4n) is 1.46. The van der Waals surface area contributed by atoms with Crippen LogP contribution in [-0.4, -0.2) is 24.1 Å². The van der Waals surface area contributed by atoms with Crippen LogP contribution in [0.15, 0.2) is 6.07 Å². The van der Waals surface area contributed by atoms with Gasteiger partial charge in [0, 0.05) is 26.6 Å². The van der Waals surface area contributed by atoms with Gasteiger partial charge in [-0.15, -0.1) is 0 Å². The zero-order valence-corrected chi connectivity index (χ0v) is 10.8. The molecule has 0 spiro atoms. The molecule has 1 aromatic rings. The second-order valence-electron chi connectivity index (χ2n) is 5.08. The van der Waals surface area contributed by atoms with Gasteiger partial charge in [0.05, 0.1) is 12.3 Å². The Morgan fingerprint density at radius 1 is 1.31 bits per heavy atom. The standard InChI is InChI=1S/C12H21N3O/c1-12(2,3)7-11-14-9(8-16-5)6-10(13-4)15-11/h6H,7-8H2,1-5H3,(H,13,14,15). The van der Waals surface area contributed by atoms with Crippen molar-refractivity contribution >= 4 is 5.82 Å². The van der Waals surface area contributed by atoms with E-state index in [1.807, 2.05) is 13.1 Å². The van der Waals surface area contributed by atoms with Gasteiger partial charge in [0.2, 0.25) is 0 Å². The van der Waals surface area contributed by atoms with Gasteiger partial charge in [0.15, 0.2) is 0 Å². The summed E-state index contributed by atoms with van der Waals surface area (Å²) >= 11 is 0. The summed E-state index contributed by atoms with van der Waals surface area (Å²) in [5.74, 6) is 1.72. The summed E-state index contributed by atoms with van der Waals surface area (Å²) < 4.78 is 5.09. The van der Waals surface area contributed by atoms with Crippen LogP contribution in [0.2, 0.25) is 0 Å². The van der Waals surface area contributed by atoms with E-state index < -0.39 is 0 Å². The van der Waals surface area contributed by atoms with Crippen LogP contribution in [-0.2, 0) is 17.8 Å². The lowest BCUT2D eigenvalue weighted by atomic mass is 9.92. The molecule has 0 saturated heterocycles. The van der Waals surface area contributed by atoms with Gasteiger partial charge in [-0.25, -0.2) is 9.97 Å². The highest BCUT2D eigenvalue weighted by Gasteiger charge is 2.14. The molecule has 0 aromatic carbocycles. The van der Waals surface area contributed by atoms with Crippen LogP contribution in [0, 0.1) is 5.41 Å². The Balaban J connectivity index is 2.95. The van der Waals surface area contributed by atoms with E-state index >= 15 is 0 Å². The Kier molecular flexibility index (Phi) is 4.24. The van der Waals surface area contributed by atoms with Gasteiger partial charge in [-0.1, -0.05) is 20.8 Å². The van der Waals surface area contributed by atoms with Crippen molar-refractivity contribution in [1.82, 2.24) is 9.97 Å². The average Bonchev–Trinajstić information content (AvgIpc) is 2.15. The average molecular weight is 223 g/mol. The Labute approximate surface area is 97.5 Å². The molecular weight excluding hydrogens is 202 g/mol. The highest BCUT2D eigenvalue weighted by molar-refractivity contribution is 5.35. The highest BCUT2D eigenvalue weighted by Crippen LogP contribution is 2.19. The fourth-order valence-corrected chi connectivity index (χ4v) is 1.46. The van der Waals surface area contributed by atoms with Gasteiger partial charge in [0.1, 0.15) is 11.6 Å². The molecule has 0 aliphatic carbocycles. The van der Waals surface area contributed by atoms with Gasteiger partial charge >= 0.3 is 0 Å². The predicted molar refractivity (Wildman–Crippen MR) is 65.5 cm³/mol. The first-order valence-corrected chi connectivity index (χ1v) is 5.48. The van der Waals surface area contributed by atoms with E-state index in [4.69, 9.17) is 4.74 Å². The highest BCUT2D eigenvalue weighted by atomic mass is 16.5. The molecule has 0 aliphatic rings. The van der Waals surface area contributed by atoms with E-state index in [1.54, 1.807) is 7.11 Å². The topological polar surface area (TPSA) is 47.0 Å². The SMILES string of the molecule is CNc1cc(COC)nc(CC(C)(C)C)n1. The number of ether oxygens (including phenoxy) is 1. The molecule has 1 N–H and O–H groups in total. The zero-order chi connectivity index (χ0) is 12.2. The predicted octanol–water partition coefficient (Wildman–Crippen LogP) is 2.25. The molecule has 0 fully saturated rings. The van der Waals surface area contributed by atoms with Crippen LogP contribution in [0.1, 0.15) is 32.3 Å². The molecule has 1 aromatic heterocycles. The van der Waals surface area contributed by atoms with Crippen LogP contribution < -0.4 is 5.32 Å². The molecule has 0 unspecified atom stereocenters. The molecule has 0 saturated carbocycles. The summed E-state index contributed by atoms with van der Waals surface area (Å²) in [5, 5.41) is 3.05. The summed E-state index contributed by atoms with van der Waals surface area (Å²) in [4.78, 5) is 8.92. The molecule has 0 radical (unpaired) electrons. The first-order chi connectivity index (χ1) is 7.44. The summed E-state index contributed by atoms with van der Waals surface area (Å²) in [6.07, 6.45) is 0.860. The van der Waals surface area contributed by atoms with Crippen molar-refractivity contribution in [3.05, 3.63) is 17.6 Å². The Bertz CT molecular complexity index is 345. The summed E-state index contributed by atoms with van der Waals surface area (Å²) in [6, 6.07) is 1.91. The molecule has 0 aliphatic heterocycles. The summed E-state index contributed by atoms with van der Waals surface area (Å²) in [5.41, 5.74) is 1.11. The minimum atomic E-state index is 0.191. The van der Waals surface area contributed by atoms with Crippen molar-refractivity contribution in [3.8, 4) is 0 Å². The van der Waals surface area contributed by atoms with E-state index in [-0.39, 0.29) is 5.41 Å². The number of anilines is 1. The number of rotatable bonds is 4. The minimum Gasteiger partial charge on any atom is -0.378 e. The molecular formula is C12H21N3O. The van der Waals surface area contributed by atoms with Crippen molar-refractivity contribution in [2.45, 2.75) is 33.8 Å². The molecule has 1 heterocycles. The second-order valence-corrected chi connectivity index (χ2v) is 5.08. The molecule has 0 atom stereocenters. The first kappa shape index (κ1) is 12.9. The minimum absolute atomic E-state index is 0.191. The largest absolute Gasteiger partial charge is 0.378 e. The van der Waals surface area contributed by atoms with Gasteiger partial charge in [-0.05, 0) is 5.41 Å². The maximum Gasteiger partial charge on any atom is 0.131 e. The number of hydrogen-bond acceptors (Lipinski definition) is 4. The lowest BCUT2D eigenvalue weighted by molar-refractivity contribution is 0.181. The molecule has 0 bridgehead atoms. The molecule has 1 rings (SSSR count). The molecule has 4 heteroatoms. The molecule has 0 amide bonds. The van der Waals surface area contributed by atoms with Gasteiger partial charge in [0.25, 0.3) is 0 Å². The third-order valence-corrected chi connectivity index (χ3v) is 2.06. The van der Waals surface area contributed by atoms with E-state index in [1.165, 1.54) is 0 Å². The molecule has 16 heavy (non-hydrogen) atoms. The lowest BCUT2D eigenvalue weighted by Crippen LogP contribution is -2.14. The van der Waals surface area contributed by atoms with E-state index in [9.17, 15) is 0 Å². The normalized spacial score (nSPS) is 11.6. The second kappa shape index (κ2) is 5.25. The van der Waals surface area contributed by atoms with Crippen LogP contribution in [0.25, 0.3) is 0 Å². The first-order valence-electron chi connectivity index (χ1n) is 5.48. The maximum absolute atomic E-state index is 5.09. The number of nitrogens with zero attached hydrogens (tertiary/aromatic N) is 2. The zero-order valence-electron chi connectivity index (χ0n) is 10.8. The summed E-state index contributed by atoms with van der Waals surface area (Å²) in [7, 11) is 3.53. The molecule has 4 nitrogen and oxygen atoms in total. The number of aromatic nitrogens is 2. The van der Waals surface area contributed by atoms with Gasteiger partial charge < -0.3 is 10.1 Å². The van der Waals surface area contributed by atoms with Crippen molar-refractivity contribution in [3.63, 3.8) is 0 Å². The molecule has 90 valence electrons. The van der Waals surface area contributed by atoms with Crippen LogP contribution in [0.5, 0.6) is 0 Å². The number of hydrogen-bond donors (Lipinski definition) is 1. The summed E-state index contributed by atoms with van der Waals surface area (Å²) in [6.45, 7) is 7.06. The van der Waals surface area contributed by atoms with Crippen molar-refractivity contribution in [2.75, 3.05) is 19.5 Å². The Morgan fingerprint density at radius 2 is 2.00 bits per heavy atom. The number of methoxy groups -OCH3 is 1. The van der Waals surface area contributed by atoms with Crippen LogP contribution >= 0.6 is 0 Å². The van der Waals surface area contributed by atoms with Crippen LogP contribution in [0.3, 0.4) is 0 Å². The van der Waals surface area contributed by atoms with Crippen molar-refractivity contribution in [1.29, 1.82) is 0 Å². The third-order valence-electron chi connectivity index (χ3n) is 2.06. The van der Waals surface area contributed by atoms with Gasteiger partial charge in [-0.2, -0.15) is 0 Å². The van der Waals surface area contributed by atoms with E-state index in [0.717, 1.165) is 23.8 Å². The van der Waals surface area contributed by atoms with Crippen LogP contribution in [0.4, 0.5) is 5.82 Å². The maximum atomic E-state index is 5.09. The van der Waals surface area contributed by atoms with Crippen molar-refractivity contribution < 1.29 is 4.74 Å². The van der Waals surface area contributed by atoms with E-state index in [0.29, 0.717) is 6.61 Å². The number of nitrogens with one attached hydrogen (secondary N) is 1. The quantitative estimate of drug-likeness (QED) is 0.850. The van der Waals surface area contributed by atoms with Crippen molar-refractivity contribution in [2.24, 2.45) is 5.41 Å². The monoisotopic (exact) mass is 223 g/mol.